The number of hydrogen-bond donors (Lipinski definition) is 0. The van der Waals surface area contributed by atoms with Gasteiger partial charge < -0.3 is 0 Å². The summed E-state index contributed by atoms with van der Waals surface area (Å²) in [5.41, 5.74) is 3.52. The Morgan fingerprint density at radius 1 is 1.00 bits per heavy atom. The molecule has 0 spiro atoms. The van der Waals surface area contributed by atoms with Crippen LogP contribution >= 0.6 is 11.8 Å². The van der Waals surface area contributed by atoms with Gasteiger partial charge >= 0.3 is 0 Å². The lowest BCUT2D eigenvalue weighted by molar-refractivity contribution is 0.656. The van der Waals surface area contributed by atoms with E-state index in [1.807, 2.05) is 49.4 Å². The van der Waals surface area contributed by atoms with Crippen LogP contribution in [0.5, 0.6) is 0 Å². The average Bonchev–Trinajstić information content (AvgIpc) is 2.81. The molecule has 158 valence electrons. The zero-order chi connectivity index (χ0) is 22.1. The van der Waals surface area contributed by atoms with Gasteiger partial charge in [-0.05, 0) is 42.3 Å². The number of benzene rings is 1. The second-order valence-corrected chi connectivity index (χ2v) is 8.37. The van der Waals surface area contributed by atoms with Crippen molar-refractivity contribution in [2.24, 2.45) is 0 Å². The molecular weight excluding hydrogens is 422 g/mol. The molecule has 0 aliphatic rings. The van der Waals surface area contributed by atoms with Crippen molar-refractivity contribution in [1.82, 2.24) is 23.9 Å². The highest BCUT2D eigenvalue weighted by Gasteiger charge is 2.13. The summed E-state index contributed by atoms with van der Waals surface area (Å²) in [4.78, 5) is 39.4. The Labute approximate surface area is 187 Å². The predicted molar refractivity (Wildman–Crippen MR) is 125 cm³/mol. The number of pyridine rings is 2. The van der Waals surface area contributed by atoms with E-state index in [4.69, 9.17) is 4.98 Å². The minimum atomic E-state index is -0.131. The van der Waals surface area contributed by atoms with Crippen LogP contribution in [0.4, 0.5) is 0 Å². The molecule has 7 nitrogen and oxygen atoms in total. The fourth-order valence-corrected chi connectivity index (χ4v) is 4.48. The molecule has 8 heteroatoms. The summed E-state index contributed by atoms with van der Waals surface area (Å²) < 4.78 is 3.19. The Bertz CT molecular complexity index is 1560. The van der Waals surface area contributed by atoms with Crippen LogP contribution in [0.2, 0.25) is 0 Å². The normalized spacial score (nSPS) is 11.3. The van der Waals surface area contributed by atoms with E-state index < -0.39 is 0 Å². The van der Waals surface area contributed by atoms with Gasteiger partial charge in [-0.25, -0.2) is 9.97 Å². The summed E-state index contributed by atoms with van der Waals surface area (Å²) in [7, 11) is 0. The molecule has 0 bridgehead atoms. The fourth-order valence-electron chi connectivity index (χ4n) is 3.59. The monoisotopic (exact) mass is 441 g/mol. The van der Waals surface area contributed by atoms with Gasteiger partial charge in [-0.3, -0.25) is 23.5 Å². The first-order valence-electron chi connectivity index (χ1n) is 10.1. The summed E-state index contributed by atoms with van der Waals surface area (Å²) in [5, 5.41) is 1.14. The van der Waals surface area contributed by atoms with Crippen LogP contribution in [0, 0.1) is 6.92 Å². The van der Waals surface area contributed by atoms with Crippen molar-refractivity contribution in [2.45, 2.75) is 24.4 Å². The zero-order valence-corrected chi connectivity index (χ0v) is 18.1. The molecule has 0 radical (unpaired) electrons. The van der Waals surface area contributed by atoms with Crippen molar-refractivity contribution in [3.05, 3.63) is 111 Å². The van der Waals surface area contributed by atoms with E-state index in [-0.39, 0.29) is 11.1 Å². The van der Waals surface area contributed by atoms with E-state index >= 15 is 0 Å². The lowest BCUT2D eigenvalue weighted by atomic mass is 10.2. The number of thioether (sulfide) groups is 1. The molecule has 0 saturated carbocycles. The SMILES string of the molecule is Cc1cccn2c(=O)cc(CSc3nc4ccccc4c(=O)n3Cc3cccnc3)nc12. The highest BCUT2D eigenvalue weighted by molar-refractivity contribution is 7.98. The van der Waals surface area contributed by atoms with Crippen LogP contribution in [0.15, 0.2) is 87.9 Å². The van der Waals surface area contributed by atoms with Crippen molar-refractivity contribution in [3.8, 4) is 0 Å². The summed E-state index contributed by atoms with van der Waals surface area (Å²) in [6, 6.07) is 16.4. The fraction of sp³-hybridized carbons (Fsp3) is 0.125. The molecule has 0 atom stereocenters. The van der Waals surface area contributed by atoms with Gasteiger partial charge in [0.05, 0.1) is 23.1 Å². The number of aromatic nitrogens is 5. The standard InChI is InChI=1S/C24H19N5O2S/c1-16-6-5-11-28-21(30)12-18(26-22(16)28)15-32-24-27-20-9-3-2-8-19(20)23(31)29(24)14-17-7-4-10-25-13-17/h2-13H,14-15H2,1H3. The minimum Gasteiger partial charge on any atom is -0.283 e. The topological polar surface area (TPSA) is 82.2 Å². The van der Waals surface area contributed by atoms with E-state index in [1.165, 1.54) is 22.2 Å². The third kappa shape index (κ3) is 3.80. The third-order valence-corrected chi connectivity index (χ3v) is 6.19. The average molecular weight is 442 g/mol. The van der Waals surface area contributed by atoms with Crippen LogP contribution in [0.3, 0.4) is 0 Å². The lowest BCUT2D eigenvalue weighted by Crippen LogP contribution is -2.24. The van der Waals surface area contributed by atoms with Crippen LogP contribution < -0.4 is 11.1 Å². The molecule has 5 rings (SSSR count). The molecule has 0 fully saturated rings. The molecule has 0 aliphatic heterocycles. The van der Waals surface area contributed by atoms with Gasteiger partial charge in [-0.2, -0.15) is 0 Å². The maximum atomic E-state index is 13.3. The lowest BCUT2D eigenvalue weighted by Gasteiger charge is -2.13. The number of fused-ring (bicyclic) bond motifs is 2. The van der Waals surface area contributed by atoms with E-state index in [1.54, 1.807) is 29.2 Å². The highest BCUT2D eigenvalue weighted by atomic mass is 32.2. The Kier molecular flexibility index (Phi) is 5.28. The molecular formula is C24H19N5O2S. The molecule has 5 aromatic rings. The van der Waals surface area contributed by atoms with Crippen LogP contribution in [-0.4, -0.2) is 23.9 Å². The van der Waals surface area contributed by atoms with Crippen molar-refractivity contribution in [3.63, 3.8) is 0 Å². The van der Waals surface area contributed by atoms with Crippen LogP contribution in [0.25, 0.3) is 16.6 Å². The van der Waals surface area contributed by atoms with Gasteiger partial charge in [0.2, 0.25) is 0 Å². The van der Waals surface area contributed by atoms with Crippen LogP contribution in [-0.2, 0) is 12.3 Å². The van der Waals surface area contributed by atoms with Crippen molar-refractivity contribution >= 4 is 28.3 Å². The maximum Gasteiger partial charge on any atom is 0.262 e. The first-order chi connectivity index (χ1) is 15.6. The quantitative estimate of drug-likeness (QED) is 0.307. The number of rotatable bonds is 5. The smallest absolute Gasteiger partial charge is 0.262 e. The molecule has 32 heavy (non-hydrogen) atoms. The summed E-state index contributed by atoms with van der Waals surface area (Å²) in [5.74, 6) is 0.415. The van der Waals surface area contributed by atoms with Crippen molar-refractivity contribution in [2.75, 3.05) is 0 Å². The Hall–Kier alpha value is -3.78. The van der Waals surface area contributed by atoms with Crippen molar-refractivity contribution in [1.29, 1.82) is 0 Å². The van der Waals surface area contributed by atoms with Gasteiger partial charge in [0, 0.05) is 30.4 Å². The minimum absolute atomic E-state index is 0.107. The Balaban J connectivity index is 1.56. The van der Waals surface area contributed by atoms with Crippen molar-refractivity contribution < 1.29 is 0 Å². The van der Waals surface area contributed by atoms with Gasteiger partial charge in [0.25, 0.3) is 11.1 Å². The molecule has 4 heterocycles. The number of aryl methyl sites for hydroxylation is 1. The van der Waals surface area contributed by atoms with Gasteiger partial charge in [-0.1, -0.05) is 36.0 Å². The first kappa shape index (κ1) is 20.1. The number of nitrogens with zero attached hydrogens (tertiary/aromatic N) is 5. The van der Waals surface area contributed by atoms with Gasteiger partial charge in [0.1, 0.15) is 5.65 Å². The zero-order valence-electron chi connectivity index (χ0n) is 17.3. The van der Waals surface area contributed by atoms with E-state index in [9.17, 15) is 9.59 Å². The molecule has 0 N–H and O–H groups in total. The molecule has 0 saturated heterocycles. The van der Waals surface area contributed by atoms with Gasteiger partial charge in [-0.15, -0.1) is 0 Å². The highest BCUT2D eigenvalue weighted by Crippen LogP contribution is 2.22. The van der Waals surface area contributed by atoms with Crippen LogP contribution in [0.1, 0.15) is 16.8 Å². The van der Waals surface area contributed by atoms with Gasteiger partial charge in [0.15, 0.2) is 5.16 Å². The predicted octanol–water partition coefficient (Wildman–Crippen LogP) is 3.45. The molecule has 0 unspecified atom stereocenters. The maximum absolute atomic E-state index is 13.3. The summed E-state index contributed by atoms with van der Waals surface area (Å²) >= 11 is 1.39. The number of hydrogen-bond acceptors (Lipinski definition) is 6. The summed E-state index contributed by atoms with van der Waals surface area (Å²) in [6.45, 7) is 2.29. The molecule has 1 aromatic carbocycles. The second-order valence-electron chi connectivity index (χ2n) is 7.42. The molecule has 4 aromatic heterocycles. The molecule has 0 amide bonds. The Morgan fingerprint density at radius 2 is 1.88 bits per heavy atom. The largest absolute Gasteiger partial charge is 0.283 e. The van der Waals surface area contributed by atoms with E-state index in [2.05, 4.69) is 9.97 Å². The van der Waals surface area contributed by atoms with E-state index in [0.717, 1.165) is 11.1 Å². The summed E-state index contributed by atoms with van der Waals surface area (Å²) in [6.07, 6.45) is 5.15. The third-order valence-electron chi connectivity index (χ3n) is 5.18. The van der Waals surface area contributed by atoms with E-state index in [0.29, 0.717) is 39.7 Å². The second kappa shape index (κ2) is 8.39. The first-order valence-corrected chi connectivity index (χ1v) is 11.1. The number of para-hydroxylation sites is 1. The molecule has 0 aliphatic carbocycles. The Morgan fingerprint density at radius 3 is 2.72 bits per heavy atom.